The molecule has 134 valence electrons. The van der Waals surface area contributed by atoms with Crippen LogP contribution in [0.5, 0.6) is 23.0 Å². The normalized spacial score (nSPS) is 27.7. The van der Waals surface area contributed by atoms with Gasteiger partial charge >= 0.3 is 0 Å². The average molecular weight is 353 g/mol. The van der Waals surface area contributed by atoms with Crippen LogP contribution in [0.2, 0.25) is 0 Å². The van der Waals surface area contributed by atoms with E-state index in [9.17, 15) is 5.11 Å². The smallest absolute Gasteiger partial charge is 0.231 e. The third kappa shape index (κ3) is 1.83. The number of ether oxygens (including phenoxy) is 4. The van der Waals surface area contributed by atoms with Crippen LogP contribution in [0.1, 0.15) is 34.2 Å². The van der Waals surface area contributed by atoms with Crippen molar-refractivity contribution < 1.29 is 24.1 Å². The fraction of sp³-hybridized carbons (Fsp3) is 0.400. The Hall–Kier alpha value is -2.44. The number of hydrogen-bond acceptors (Lipinski definition) is 6. The minimum Gasteiger partial charge on any atom is -0.454 e. The van der Waals surface area contributed by atoms with Gasteiger partial charge in [0.2, 0.25) is 13.6 Å². The molecule has 6 nitrogen and oxygen atoms in total. The van der Waals surface area contributed by atoms with Crippen molar-refractivity contribution in [2.75, 3.05) is 20.6 Å². The maximum atomic E-state index is 11.0. The molecule has 0 fully saturated rings. The summed E-state index contributed by atoms with van der Waals surface area (Å²) in [6.07, 6.45) is 0.143. The van der Waals surface area contributed by atoms with E-state index >= 15 is 0 Å². The second-order valence-corrected chi connectivity index (χ2v) is 7.43. The molecule has 0 saturated carbocycles. The van der Waals surface area contributed by atoms with Gasteiger partial charge in [-0.05, 0) is 48.4 Å². The van der Waals surface area contributed by atoms with Crippen molar-refractivity contribution in [3.05, 3.63) is 46.5 Å². The summed E-state index contributed by atoms with van der Waals surface area (Å²) in [6.45, 7) is 1.28. The van der Waals surface area contributed by atoms with Crippen LogP contribution < -0.4 is 18.9 Å². The van der Waals surface area contributed by atoms with Crippen molar-refractivity contribution in [1.82, 2.24) is 4.90 Å². The highest BCUT2D eigenvalue weighted by Crippen LogP contribution is 2.54. The highest BCUT2D eigenvalue weighted by Gasteiger charge is 2.45. The number of rotatable bonds is 0. The third-order valence-corrected chi connectivity index (χ3v) is 6.06. The quantitative estimate of drug-likeness (QED) is 0.784. The zero-order valence-electron chi connectivity index (χ0n) is 14.4. The van der Waals surface area contributed by atoms with Gasteiger partial charge in [0.25, 0.3) is 0 Å². The van der Waals surface area contributed by atoms with Crippen molar-refractivity contribution in [1.29, 1.82) is 0 Å². The van der Waals surface area contributed by atoms with Gasteiger partial charge in [-0.3, -0.25) is 4.90 Å². The van der Waals surface area contributed by atoms with E-state index in [-0.39, 0.29) is 25.5 Å². The van der Waals surface area contributed by atoms with Gasteiger partial charge in [-0.1, -0.05) is 6.07 Å². The summed E-state index contributed by atoms with van der Waals surface area (Å²) in [5.74, 6) is 3.19. The molecule has 3 atom stereocenters. The van der Waals surface area contributed by atoms with Crippen LogP contribution in [0.25, 0.3) is 0 Å². The minimum atomic E-state index is -0.463. The molecule has 1 aliphatic carbocycles. The second-order valence-electron chi connectivity index (χ2n) is 7.43. The monoisotopic (exact) mass is 353 g/mol. The maximum Gasteiger partial charge on any atom is 0.231 e. The minimum absolute atomic E-state index is 0.00822. The Morgan fingerprint density at radius 2 is 1.73 bits per heavy atom. The first-order valence-corrected chi connectivity index (χ1v) is 8.93. The molecule has 4 aliphatic rings. The largest absolute Gasteiger partial charge is 0.454 e. The lowest BCUT2D eigenvalue weighted by atomic mass is 9.70. The van der Waals surface area contributed by atoms with E-state index in [1.165, 1.54) is 5.56 Å². The molecule has 1 N–H and O–H groups in total. The van der Waals surface area contributed by atoms with E-state index in [2.05, 4.69) is 24.1 Å². The van der Waals surface area contributed by atoms with Gasteiger partial charge in [0.15, 0.2) is 23.0 Å². The standard InChI is InChI=1S/C20H19NO5/c1-21-7-13-11(2-3-15-20(13)26-9-23-15)18-14(22)4-10-5-16-17(25-8-24-16)6-12(10)19(18)21/h2-3,5-6,14,18-19,22H,4,7-9H2,1H3/t14-,18+,19+/m0/s1. The van der Waals surface area contributed by atoms with E-state index in [1.807, 2.05) is 12.1 Å². The first kappa shape index (κ1) is 14.7. The van der Waals surface area contributed by atoms with Gasteiger partial charge in [0, 0.05) is 24.1 Å². The van der Waals surface area contributed by atoms with E-state index in [1.54, 1.807) is 0 Å². The highest BCUT2D eigenvalue weighted by molar-refractivity contribution is 5.58. The molecule has 0 spiro atoms. The van der Waals surface area contributed by atoms with Crippen LogP contribution in [0.15, 0.2) is 24.3 Å². The summed E-state index contributed by atoms with van der Waals surface area (Å²) in [6, 6.07) is 8.27. The molecule has 3 heterocycles. The van der Waals surface area contributed by atoms with Crippen LogP contribution in [-0.4, -0.2) is 36.7 Å². The summed E-state index contributed by atoms with van der Waals surface area (Å²) in [7, 11) is 2.10. The molecule has 6 heteroatoms. The highest BCUT2D eigenvalue weighted by atomic mass is 16.7. The predicted octanol–water partition coefficient (Wildman–Crippen LogP) is 2.33. The molecule has 0 amide bonds. The topological polar surface area (TPSA) is 60.4 Å². The van der Waals surface area contributed by atoms with E-state index < -0.39 is 6.10 Å². The van der Waals surface area contributed by atoms with Crippen LogP contribution in [-0.2, 0) is 13.0 Å². The maximum absolute atomic E-state index is 11.0. The zero-order chi connectivity index (χ0) is 17.4. The van der Waals surface area contributed by atoms with Gasteiger partial charge in [0.05, 0.1) is 6.10 Å². The lowest BCUT2D eigenvalue weighted by Gasteiger charge is -2.46. The van der Waals surface area contributed by atoms with Gasteiger partial charge in [-0.25, -0.2) is 0 Å². The molecule has 0 aromatic heterocycles. The fourth-order valence-electron chi connectivity index (χ4n) is 4.97. The molecule has 0 radical (unpaired) electrons. The Morgan fingerprint density at radius 1 is 0.962 bits per heavy atom. The van der Waals surface area contributed by atoms with Crippen molar-refractivity contribution in [3.8, 4) is 23.0 Å². The van der Waals surface area contributed by atoms with E-state index in [0.29, 0.717) is 6.42 Å². The van der Waals surface area contributed by atoms with E-state index in [0.717, 1.165) is 46.2 Å². The zero-order valence-corrected chi connectivity index (χ0v) is 14.4. The molecule has 6 rings (SSSR count). The summed E-state index contributed by atoms with van der Waals surface area (Å²) in [5, 5.41) is 11.0. The first-order valence-electron chi connectivity index (χ1n) is 8.93. The number of nitrogens with zero attached hydrogens (tertiary/aromatic N) is 1. The molecule has 26 heavy (non-hydrogen) atoms. The molecule has 0 bridgehead atoms. The van der Waals surface area contributed by atoms with Crippen molar-refractivity contribution in [3.63, 3.8) is 0 Å². The lowest BCUT2D eigenvalue weighted by molar-refractivity contribution is 0.0591. The molecule has 0 saturated heterocycles. The Balaban J connectivity index is 1.53. The molecule has 0 unspecified atom stereocenters. The Kier molecular flexibility index (Phi) is 2.86. The van der Waals surface area contributed by atoms with Crippen molar-refractivity contribution >= 4 is 0 Å². The number of fused-ring (bicyclic) bond motifs is 8. The Labute approximate surface area is 150 Å². The summed E-state index contributed by atoms with van der Waals surface area (Å²) >= 11 is 0. The van der Waals surface area contributed by atoms with Crippen molar-refractivity contribution in [2.45, 2.75) is 31.0 Å². The number of likely N-dealkylation sites (N-methyl/N-ethyl adjacent to an activating group) is 1. The molecule has 3 aliphatic heterocycles. The summed E-state index contributed by atoms with van der Waals surface area (Å²) in [5.41, 5.74) is 4.65. The summed E-state index contributed by atoms with van der Waals surface area (Å²) < 4.78 is 22.4. The number of aliphatic hydroxyl groups is 1. The molecule has 2 aromatic rings. The number of benzene rings is 2. The van der Waals surface area contributed by atoms with Gasteiger partial charge in [-0.2, -0.15) is 0 Å². The van der Waals surface area contributed by atoms with E-state index in [4.69, 9.17) is 18.9 Å². The molecular weight excluding hydrogens is 334 g/mol. The average Bonchev–Trinajstić information content (AvgIpc) is 3.28. The summed E-state index contributed by atoms with van der Waals surface area (Å²) in [4.78, 5) is 2.29. The van der Waals surface area contributed by atoms with Crippen LogP contribution in [0.3, 0.4) is 0 Å². The lowest BCUT2D eigenvalue weighted by Crippen LogP contribution is -2.43. The number of hydrogen-bond donors (Lipinski definition) is 1. The number of aliphatic hydroxyl groups excluding tert-OH is 1. The van der Waals surface area contributed by atoms with Crippen LogP contribution in [0, 0.1) is 0 Å². The molecule has 2 aromatic carbocycles. The van der Waals surface area contributed by atoms with Crippen LogP contribution in [0.4, 0.5) is 0 Å². The third-order valence-electron chi connectivity index (χ3n) is 6.06. The van der Waals surface area contributed by atoms with Gasteiger partial charge < -0.3 is 24.1 Å². The SMILES string of the molecule is CN1Cc2c(ccc3c2OCO3)[C@H]2[C@H]1c1cc3c(cc1C[C@@H]2O)OCO3. The van der Waals surface area contributed by atoms with Gasteiger partial charge in [-0.15, -0.1) is 0 Å². The second kappa shape index (κ2) is 5.05. The first-order chi connectivity index (χ1) is 12.7. The molecular formula is C20H19NO5. The Morgan fingerprint density at radius 3 is 2.62 bits per heavy atom. The predicted molar refractivity (Wildman–Crippen MR) is 91.8 cm³/mol. The van der Waals surface area contributed by atoms with Crippen LogP contribution >= 0.6 is 0 Å². The Bertz CT molecular complexity index is 925. The fourth-order valence-corrected chi connectivity index (χ4v) is 4.97. The van der Waals surface area contributed by atoms with Gasteiger partial charge in [0.1, 0.15) is 0 Å². The van der Waals surface area contributed by atoms with Crippen molar-refractivity contribution in [2.24, 2.45) is 0 Å².